The molecule has 0 aliphatic carbocycles. The average Bonchev–Trinajstić information content (AvgIpc) is 3.03. The van der Waals surface area contributed by atoms with Crippen molar-refractivity contribution in [2.45, 2.75) is 64.3 Å². The molecule has 176 valence electrons. The molecule has 32 heavy (non-hydrogen) atoms. The summed E-state index contributed by atoms with van der Waals surface area (Å²) in [5.74, 6) is -1.22. The summed E-state index contributed by atoms with van der Waals surface area (Å²) in [5, 5.41) is 11.1. The molecular formula is C24H31ClO7. The fourth-order valence-corrected chi connectivity index (χ4v) is 3.96. The van der Waals surface area contributed by atoms with Gasteiger partial charge < -0.3 is 28.8 Å². The zero-order valence-electron chi connectivity index (χ0n) is 19.0. The smallest absolute Gasteiger partial charge is 0.342 e. The first-order valence-corrected chi connectivity index (χ1v) is 11.0. The standard InChI is InChI=1S/C24H31ClO7/c1-14-9-10-18(26)22-19(31-24(3,4)32-22)8-6-7-16-11-17(25)12-20(29-13-28-5)21(16)23(27)30-15(14)2/h6-7,9-12,14-15,18-19,22,26H,8,13H2,1-5H3/b7-6+,10-9-/t14-,15+,18?,19+,22-/m1/s1. The van der Waals surface area contributed by atoms with Crippen molar-refractivity contribution in [3.8, 4) is 5.75 Å². The van der Waals surface area contributed by atoms with Crippen LogP contribution in [0.15, 0.2) is 30.4 Å². The van der Waals surface area contributed by atoms with Crippen molar-refractivity contribution in [2.24, 2.45) is 5.92 Å². The van der Waals surface area contributed by atoms with Crippen LogP contribution in [0.2, 0.25) is 5.02 Å². The van der Waals surface area contributed by atoms with Gasteiger partial charge in [0.2, 0.25) is 0 Å². The van der Waals surface area contributed by atoms with E-state index in [1.54, 1.807) is 31.2 Å². The van der Waals surface area contributed by atoms with Gasteiger partial charge in [-0.05, 0) is 44.9 Å². The first kappa shape index (κ1) is 24.7. The third-order valence-electron chi connectivity index (χ3n) is 5.50. The van der Waals surface area contributed by atoms with Gasteiger partial charge in [-0.2, -0.15) is 0 Å². The van der Waals surface area contributed by atoms with Gasteiger partial charge in [-0.1, -0.05) is 42.8 Å². The topological polar surface area (TPSA) is 83.5 Å². The van der Waals surface area contributed by atoms with E-state index in [-0.39, 0.29) is 30.1 Å². The highest BCUT2D eigenvalue weighted by Gasteiger charge is 2.43. The number of halogens is 1. The van der Waals surface area contributed by atoms with Gasteiger partial charge in [0.25, 0.3) is 0 Å². The molecular weight excluding hydrogens is 436 g/mol. The van der Waals surface area contributed by atoms with E-state index in [0.29, 0.717) is 17.0 Å². The van der Waals surface area contributed by atoms with Crippen molar-refractivity contribution >= 4 is 23.6 Å². The molecule has 1 fully saturated rings. The minimum atomic E-state index is -0.862. The summed E-state index contributed by atoms with van der Waals surface area (Å²) in [7, 11) is 1.49. The van der Waals surface area contributed by atoms with Gasteiger partial charge in [0.05, 0.1) is 6.10 Å². The number of rotatable bonds is 3. The number of hydrogen-bond donors (Lipinski definition) is 1. The molecule has 5 atom stereocenters. The number of hydrogen-bond acceptors (Lipinski definition) is 7. The number of aliphatic hydroxyl groups excluding tert-OH is 1. The highest BCUT2D eigenvalue weighted by Crippen LogP contribution is 2.34. The maximum Gasteiger partial charge on any atom is 0.342 e. The van der Waals surface area contributed by atoms with Gasteiger partial charge in [-0.25, -0.2) is 4.79 Å². The third-order valence-corrected chi connectivity index (χ3v) is 5.72. The van der Waals surface area contributed by atoms with Crippen LogP contribution in [-0.2, 0) is 18.9 Å². The molecule has 1 unspecified atom stereocenters. The molecule has 2 aliphatic rings. The second-order valence-electron chi connectivity index (χ2n) is 8.54. The number of carbonyl (C=O) groups excluding carboxylic acids is 1. The highest BCUT2D eigenvalue weighted by molar-refractivity contribution is 6.31. The lowest BCUT2D eigenvalue weighted by Crippen LogP contribution is -2.34. The van der Waals surface area contributed by atoms with E-state index in [1.807, 2.05) is 32.9 Å². The van der Waals surface area contributed by atoms with Crippen LogP contribution in [0, 0.1) is 5.92 Å². The van der Waals surface area contributed by atoms with Crippen LogP contribution in [0.1, 0.15) is 50.0 Å². The molecule has 7 nitrogen and oxygen atoms in total. The molecule has 1 aromatic carbocycles. The number of esters is 1. The molecule has 1 aromatic rings. The number of benzene rings is 1. The SMILES string of the molecule is COCOc1cc(Cl)cc2c1C(=O)O[C@@H](C)[C@H](C)/C=C\C(O)[C@H]1OC(C)(C)O[C@H]1C/C=C/2. The Labute approximate surface area is 193 Å². The van der Waals surface area contributed by atoms with Crippen LogP contribution in [-0.4, -0.2) is 55.2 Å². The zero-order chi connectivity index (χ0) is 23.5. The molecule has 0 spiro atoms. The van der Waals surface area contributed by atoms with Gasteiger partial charge in [0.15, 0.2) is 12.6 Å². The summed E-state index contributed by atoms with van der Waals surface area (Å²) >= 11 is 6.29. The van der Waals surface area contributed by atoms with E-state index in [2.05, 4.69) is 0 Å². The molecule has 8 heteroatoms. The Hall–Kier alpha value is -1.90. The van der Waals surface area contributed by atoms with Crippen molar-refractivity contribution in [2.75, 3.05) is 13.9 Å². The van der Waals surface area contributed by atoms with Crippen molar-refractivity contribution < 1.29 is 33.6 Å². The molecule has 0 bridgehead atoms. The molecule has 1 N–H and O–H groups in total. The van der Waals surface area contributed by atoms with Gasteiger partial charge in [0, 0.05) is 18.1 Å². The van der Waals surface area contributed by atoms with E-state index < -0.39 is 30.1 Å². The Bertz CT molecular complexity index is 879. The quantitative estimate of drug-likeness (QED) is 0.402. The molecule has 2 heterocycles. The van der Waals surface area contributed by atoms with E-state index in [9.17, 15) is 9.90 Å². The summed E-state index contributed by atoms with van der Waals surface area (Å²) in [4.78, 5) is 13.1. The van der Waals surface area contributed by atoms with E-state index in [1.165, 1.54) is 7.11 Å². The van der Waals surface area contributed by atoms with E-state index in [4.69, 9.17) is 35.3 Å². The van der Waals surface area contributed by atoms with Gasteiger partial charge in [-0.15, -0.1) is 0 Å². The highest BCUT2D eigenvalue weighted by atomic mass is 35.5. The Morgan fingerprint density at radius 2 is 1.97 bits per heavy atom. The largest absolute Gasteiger partial charge is 0.467 e. The Kier molecular flexibility index (Phi) is 8.01. The van der Waals surface area contributed by atoms with Crippen LogP contribution >= 0.6 is 11.6 Å². The van der Waals surface area contributed by atoms with Crippen LogP contribution < -0.4 is 4.74 Å². The van der Waals surface area contributed by atoms with Crippen LogP contribution in [0.4, 0.5) is 0 Å². The van der Waals surface area contributed by atoms with E-state index in [0.717, 1.165) is 0 Å². The number of fused-ring (bicyclic) bond motifs is 2. The summed E-state index contributed by atoms with van der Waals surface area (Å²) in [6.45, 7) is 7.30. The summed E-state index contributed by atoms with van der Waals surface area (Å²) in [6.07, 6.45) is 5.38. The summed E-state index contributed by atoms with van der Waals surface area (Å²) < 4.78 is 28.3. The molecule has 0 radical (unpaired) electrons. The van der Waals surface area contributed by atoms with E-state index >= 15 is 0 Å². The van der Waals surface area contributed by atoms with Crippen molar-refractivity contribution in [3.63, 3.8) is 0 Å². The predicted molar refractivity (Wildman–Crippen MR) is 121 cm³/mol. The molecule has 0 saturated carbocycles. The van der Waals surface area contributed by atoms with Crippen LogP contribution in [0.3, 0.4) is 0 Å². The van der Waals surface area contributed by atoms with Gasteiger partial charge >= 0.3 is 5.97 Å². The maximum absolute atomic E-state index is 13.1. The summed E-state index contributed by atoms with van der Waals surface area (Å²) in [6, 6.07) is 3.24. The van der Waals surface area contributed by atoms with Gasteiger partial charge in [0.1, 0.15) is 29.6 Å². The lowest BCUT2D eigenvalue weighted by atomic mass is 9.99. The predicted octanol–water partition coefficient (Wildman–Crippen LogP) is 4.36. The molecule has 3 rings (SSSR count). The minimum Gasteiger partial charge on any atom is -0.467 e. The van der Waals surface area contributed by atoms with Crippen molar-refractivity contribution in [3.05, 3.63) is 46.5 Å². The molecule has 2 aliphatic heterocycles. The monoisotopic (exact) mass is 466 g/mol. The van der Waals surface area contributed by atoms with Gasteiger partial charge in [-0.3, -0.25) is 0 Å². The number of methoxy groups -OCH3 is 1. The molecule has 0 amide bonds. The fourth-order valence-electron chi connectivity index (χ4n) is 3.74. The lowest BCUT2D eigenvalue weighted by Gasteiger charge is -2.22. The second kappa shape index (κ2) is 10.4. The Morgan fingerprint density at radius 1 is 1.22 bits per heavy atom. The Balaban J connectivity index is 2.04. The zero-order valence-corrected chi connectivity index (χ0v) is 19.8. The maximum atomic E-state index is 13.1. The fraction of sp³-hybridized carbons (Fsp3) is 0.542. The van der Waals surface area contributed by atoms with Crippen molar-refractivity contribution in [1.29, 1.82) is 0 Å². The summed E-state index contributed by atoms with van der Waals surface area (Å²) in [5.41, 5.74) is 0.819. The number of carbonyl (C=O) groups is 1. The Morgan fingerprint density at radius 3 is 2.69 bits per heavy atom. The number of cyclic esters (lactones) is 1. The van der Waals surface area contributed by atoms with Crippen LogP contribution in [0.5, 0.6) is 5.75 Å². The minimum absolute atomic E-state index is 0.0413. The normalized spacial score (nSPS) is 32.2. The van der Waals surface area contributed by atoms with Crippen molar-refractivity contribution in [1.82, 2.24) is 0 Å². The first-order valence-electron chi connectivity index (χ1n) is 10.7. The van der Waals surface area contributed by atoms with Crippen LogP contribution in [0.25, 0.3) is 6.08 Å². The number of aliphatic hydroxyl groups is 1. The third kappa shape index (κ3) is 5.91. The molecule has 0 aromatic heterocycles. The second-order valence-corrected chi connectivity index (χ2v) is 8.98. The molecule has 1 saturated heterocycles. The number of ether oxygens (including phenoxy) is 5. The lowest BCUT2D eigenvalue weighted by molar-refractivity contribution is -0.152. The average molecular weight is 467 g/mol. The first-order chi connectivity index (χ1) is 15.1.